The second-order valence-corrected chi connectivity index (χ2v) is 4.54. The van der Waals surface area contributed by atoms with Crippen LogP contribution in [0.4, 0.5) is 5.69 Å². The monoisotopic (exact) mass is 300 g/mol. The van der Waals surface area contributed by atoms with Crippen LogP contribution in [0, 0.1) is 5.92 Å². The van der Waals surface area contributed by atoms with Gasteiger partial charge in [0.25, 0.3) is 5.91 Å². The van der Waals surface area contributed by atoms with E-state index in [1.165, 1.54) is 13.0 Å². The molecule has 1 rings (SSSR count). The summed E-state index contributed by atoms with van der Waals surface area (Å²) in [6.07, 6.45) is 0. The SMILES string of the molecule is CC(CNC(=O)c1ccc(Br)c(N)c1)C(=O)O. The summed E-state index contributed by atoms with van der Waals surface area (Å²) >= 11 is 3.23. The number of aliphatic carboxylic acids is 1. The largest absolute Gasteiger partial charge is 0.481 e. The van der Waals surface area contributed by atoms with E-state index in [4.69, 9.17) is 10.8 Å². The van der Waals surface area contributed by atoms with Crippen molar-refractivity contribution >= 4 is 33.5 Å². The molecule has 0 aliphatic rings. The Kier molecular flexibility index (Phi) is 4.51. The molecule has 0 radical (unpaired) electrons. The highest BCUT2D eigenvalue weighted by atomic mass is 79.9. The maximum atomic E-state index is 11.7. The Labute approximate surface area is 107 Å². The van der Waals surface area contributed by atoms with Crippen LogP contribution in [0.5, 0.6) is 0 Å². The van der Waals surface area contributed by atoms with E-state index in [0.29, 0.717) is 15.7 Å². The molecule has 0 spiro atoms. The first kappa shape index (κ1) is 13.5. The standard InChI is InChI=1S/C11H13BrN2O3/c1-6(11(16)17)5-14-10(15)7-2-3-8(12)9(13)4-7/h2-4,6H,5,13H2,1H3,(H,14,15)(H,16,17). The number of hydrogen-bond acceptors (Lipinski definition) is 3. The molecule has 6 heteroatoms. The molecule has 1 aromatic rings. The van der Waals surface area contributed by atoms with E-state index in [1.54, 1.807) is 12.1 Å². The van der Waals surface area contributed by atoms with Gasteiger partial charge in [-0.25, -0.2) is 0 Å². The Hall–Kier alpha value is -1.56. The maximum Gasteiger partial charge on any atom is 0.308 e. The number of carbonyl (C=O) groups is 2. The number of amides is 1. The zero-order valence-electron chi connectivity index (χ0n) is 9.24. The number of nitrogens with one attached hydrogen (secondary N) is 1. The predicted octanol–water partition coefficient (Wildman–Crippen LogP) is 1.48. The van der Waals surface area contributed by atoms with E-state index >= 15 is 0 Å². The van der Waals surface area contributed by atoms with Crippen LogP contribution in [0.2, 0.25) is 0 Å². The highest BCUT2D eigenvalue weighted by molar-refractivity contribution is 9.10. The van der Waals surface area contributed by atoms with Crippen molar-refractivity contribution in [3.05, 3.63) is 28.2 Å². The number of benzene rings is 1. The van der Waals surface area contributed by atoms with Crippen molar-refractivity contribution in [2.75, 3.05) is 12.3 Å². The zero-order chi connectivity index (χ0) is 13.0. The second-order valence-electron chi connectivity index (χ2n) is 3.69. The molecule has 0 heterocycles. The van der Waals surface area contributed by atoms with Gasteiger partial charge in [-0.1, -0.05) is 6.92 Å². The minimum atomic E-state index is -0.944. The van der Waals surface area contributed by atoms with Gasteiger partial charge in [0.1, 0.15) is 0 Å². The number of nitrogens with two attached hydrogens (primary N) is 1. The Morgan fingerprint density at radius 1 is 1.53 bits per heavy atom. The lowest BCUT2D eigenvalue weighted by Gasteiger charge is -2.09. The lowest BCUT2D eigenvalue weighted by Crippen LogP contribution is -2.31. The quantitative estimate of drug-likeness (QED) is 0.734. The van der Waals surface area contributed by atoms with Gasteiger partial charge >= 0.3 is 5.97 Å². The Bertz CT molecular complexity index is 448. The van der Waals surface area contributed by atoms with Crippen LogP contribution >= 0.6 is 15.9 Å². The molecule has 0 fully saturated rings. The molecule has 0 aliphatic heterocycles. The first-order valence-electron chi connectivity index (χ1n) is 4.98. The third-order valence-electron chi connectivity index (χ3n) is 2.25. The van der Waals surface area contributed by atoms with E-state index in [9.17, 15) is 9.59 Å². The van der Waals surface area contributed by atoms with Crippen molar-refractivity contribution in [3.63, 3.8) is 0 Å². The lowest BCUT2D eigenvalue weighted by atomic mass is 10.1. The minimum Gasteiger partial charge on any atom is -0.481 e. The van der Waals surface area contributed by atoms with Gasteiger partial charge in [0, 0.05) is 22.3 Å². The summed E-state index contributed by atoms with van der Waals surface area (Å²) in [7, 11) is 0. The number of carbonyl (C=O) groups excluding carboxylic acids is 1. The summed E-state index contributed by atoms with van der Waals surface area (Å²) in [5.74, 6) is -1.90. The molecule has 5 nitrogen and oxygen atoms in total. The van der Waals surface area contributed by atoms with Gasteiger partial charge in [-0.15, -0.1) is 0 Å². The smallest absolute Gasteiger partial charge is 0.308 e. The van der Waals surface area contributed by atoms with E-state index in [1.807, 2.05) is 0 Å². The highest BCUT2D eigenvalue weighted by Gasteiger charge is 2.13. The number of carboxylic acid groups (broad SMARTS) is 1. The number of rotatable bonds is 4. The van der Waals surface area contributed by atoms with Gasteiger partial charge in [0.2, 0.25) is 0 Å². The molecule has 0 aromatic heterocycles. The lowest BCUT2D eigenvalue weighted by molar-refractivity contribution is -0.140. The van der Waals surface area contributed by atoms with E-state index in [2.05, 4.69) is 21.2 Å². The van der Waals surface area contributed by atoms with Crippen molar-refractivity contribution in [2.45, 2.75) is 6.92 Å². The van der Waals surface area contributed by atoms with Crippen molar-refractivity contribution in [3.8, 4) is 0 Å². The maximum absolute atomic E-state index is 11.7. The van der Waals surface area contributed by atoms with Crippen LogP contribution in [-0.2, 0) is 4.79 Å². The molecule has 1 unspecified atom stereocenters. The number of carboxylic acids is 1. The minimum absolute atomic E-state index is 0.0874. The molecule has 92 valence electrons. The summed E-state index contributed by atoms with van der Waals surface area (Å²) < 4.78 is 0.716. The molecular formula is C11H13BrN2O3. The average Bonchev–Trinajstić information content (AvgIpc) is 2.28. The molecule has 0 saturated heterocycles. The fraction of sp³-hybridized carbons (Fsp3) is 0.273. The predicted molar refractivity (Wildman–Crippen MR) is 67.7 cm³/mol. The summed E-state index contributed by atoms with van der Waals surface area (Å²) in [6.45, 7) is 1.61. The summed E-state index contributed by atoms with van der Waals surface area (Å²) in [4.78, 5) is 22.2. The Balaban J connectivity index is 2.64. The molecule has 0 saturated carbocycles. The third-order valence-corrected chi connectivity index (χ3v) is 2.97. The number of hydrogen-bond donors (Lipinski definition) is 3. The second kappa shape index (κ2) is 5.67. The van der Waals surface area contributed by atoms with Gasteiger partial charge in [0.05, 0.1) is 5.92 Å². The van der Waals surface area contributed by atoms with Gasteiger partial charge in [-0.05, 0) is 34.1 Å². The molecular weight excluding hydrogens is 288 g/mol. The van der Waals surface area contributed by atoms with Gasteiger partial charge < -0.3 is 16.2 Å². The molecule has 4 N–H and O–H groups in total. The van der Waals surface area contributed by atoms with E-state index in [0.717, 1.165) is 0 Å². The summed E-state index contributed by atoms with van der Waals surface area (Å²) in [6, 6.07) is 4.82. The number of nitrogen functional groups attached to an aromatic ring is 1. The van der Waals surface area contributed by atoms with Crippen LogP contribution in [0.1, 0.15) is 17.3 Å². The summed E-state index contributed by atoms with van der Waals surface area (Å²) in [5.41, 5.74) is 6.51. The van der Waals surface area contributed by atoms with Gasteiger partial charge in [-0.2, -0.15) is 0 Å². The molecule has 0 bridgehead atoms. The normalized spacial score (nSPS) is 11.9. The van der Waals surface area contributed by atoms with Crippen LogP contribution in [0.25, 0.3) is 0 Å². The topological polar surface area (TPSA) is 92.4 Å². The number of anilines is 1. The molecule has 0 aliphatic carbocycles. The van der Waals surface area contributed by atoms with Crippen LogP contribution < -0.4 is 11.1 Å². The van der Waals surface area contributed by atoms with Gasteiger partial charge in [-0.3, -0.25) is 9.59 Å². The molecule has 1 aromatic carbocycles. The molecule has 1 atom stereocenters. The van der Waals surface area contributed by atoms with Gasteiger partial charge in [0.15, 0.2) is 0 Å². The van der Waals surface area contributed by atoms with Crippen molar-refractivity contribution < 1.29 is 14.7 Å². The highest BCUT2D eigenvalue weighted by Crippen LogP contribution is 2.20. The summed E-state index contributed by atoms with van der Waals surface area (Å²) in [5, 5.41) is 11.2. The Morgan fingerprint density at radius 3 is 2.71 bits per heavy atom. The average molecular weight is 301 g/mol. The molecule has 1 amide bonds. The van der Waals surface area contributed by atoms with Crippen LogP contribution in [0.3, 0.4) is 0 Å². The van der Waals surface area contributed by atoms with Crippen molar-refractivity contribution in [1.82, 2.24) is 5.32 Å². The van der Waals surface area contributed by atoms with E-state index in [-0.39, 0.29) is 12.5 Å². The Morgan fingerprint density at radius 2 is 2.18 bits per heavy atom. The fourth-order valence-electron chi connectivity index (χ4n) is 1.12. The zero-order valence-corrected chi connectivity index (χ0v) is 10.8. The van der Waals surface area contributed by atoms with Crippen molar-refractivity contribution in [2.24, 2.45) is 5.92 Å². The first-order valence-corrected chi connectivity index (χ1v) is 5.77. The first-order chi connectivity index (χ1) is 7.91. The fourth-order valence-corrected chi connectivity index (χ4v) is 1.37. The van der Waals surface area contributed by atoms with E-state index < -0.39 is 11.9 Å². The van der Waals surface area contributed by atoms with Crippen LogP contribution in [0.15, 0.2) is 22.7 Å². The molecule has 17 heavy (non-hydrogen) atoms. The van der Waals surface area contributed by atoms with Crippen LogP contribution in [-0.4, -0.2) is 23.5 Å². The van der Waals surface area contributed by atoms with Crippen molar-refractivity contribution in [1.29, 1.82) is 0 Å². The third kappa shape index (κ3) is 3.74. The number of halogens is 1.